The minimum absolute atomic E-state index is 0.0923. The second kappa shape index (κ2) is 6.90. The van der Waals surface area contributed by atoms with E-state index >= 15 is 0 Å². The molecule has 0 aliphatic rings. The van der Waals surface area contributed by atoms with Crippen molar-refractivity contribution in [1.29, 1.82) is 0 Å². The number of aromatic nitrogens is 4. The highest BCUT2D eigenvalue weighted by atomic mass is 16.2. The van der Waals surface area contributed by atoms with E-state index in [4.69, 9.17) is 5.73 Å². The number of imidazole rings is 1. The molecular formula is C17H18N6O4. The lowest BCUT2D eigenvalue weighted by Gasteiger charge is -2.08. The van der Waals surface area contributed by atoms with Crippen molar-refractivity contribution in [3.63, 3.8) is 0 Å². The summed E-state index contributed by atoms with van der Waals surface area (Å²) in [5.74, 6) is -0.818. The van der Waals surface area contributed by atoms with Crippen LogP contribution in [-0.2, 0) is 25.4 Å². The molecule has 0 saturated carbocycles. The smallest absolute Gasteiger partial charge is 0.332 e. The molecule has 0 atom stereocenters. The van der Waals surface area contributed by atoms with Crippen molar-refractivity contribution in [2.24, 2.45) is 19.8 Å². The van der Waals surface area contributed by atoms with Crippen molar-refractivity contribution in [1.82, 2.24) is 18.7 Å². The van der Waals surface area contributed by atoms with E-state index in [1.165, 1.54) is 37.1 Å². The van der Waals surface area contributed by atoms with Crippen LogP contribution in [0.3, 0.4) is 0 Å². The van der Waals surface area contributed by atoms with Gasteiger partial charge >= 0.3 is 5.69 Å². The lowest BCUT2D eigenvalue weighted by molar-refractivity contribution is -0.116. The van der Waals surface area contributed by atoms with Gasteiger partial charge in [0, 0.05) is 38.3 Å². The third kappa shape index (κ3) is 3.36. The Labute approximate surface area is 152 Å². The van der Waals surface area contributed by atoms with E-state index in [0.29, 0.717) is 11.3 Å². The summed E-state index contributed by atoms with van der Waals surface area (Å²) in [4.78, 5) is 51.6. The van der Waals surface area contributed by atoms with Crippen LogP contribution in [0.5, 0.6) is 0 Å². The normalized spacial score (nSPS) is 10.9. The maximum absolute atomic E-state index is 12.4. The minimum Gasteiger partial charge on any atom is -0.366 e. The van der Waals surface area contributed by atoms with Crippen molar-refractivity contribution in [3.05, 3.63) is 57.0 Å². The van der Waals surface area contributed by atoms with E-state index in [1.807, 2.05) is 0 Å². The standard InChI is InChI=1S/C17H18N6O4/c1-21-15-13(16(26)22(2)17(21)27)23(9-19-15)8-7-12(24)20-11-5-3-10(4-6-11)14(18)25/h3-6,9H,7-8H2,1-2H3,(H2,18,25)(H,20,24). The van der Waals surface area contributed by atoms with Crippen molar-refractivity contribution in [2.75, 3.05) is 5.32 Å². The van der Waals surface area contributed by atoms with Gasteiger partial charge in [-0.2, -0.15) is 0 Å². The van der Waals surface area contributed by atoms with Crippen LogP contribution in [0, 0.1) is 0 Å². The highest BCUT2D eigenvalue weighted by Gasteiger charge is 2.15. The van der Waals surface area contributed by atoms with Gasteiger partial charge in [0.05, 0.1) is 6.33 Å². The summed E-state index contributed by atoms with van der Waals surface area (Å²) in [5.41, 5.74) is 5.65. The third-order valence-electron chi connectivity index (χ3n) is 4.25. The predicted octanol–water partition coefficient (Wildman–Crippen LogP) is -0.439. The molecular weight excluding hydrogens is 352 g/mol. The average Bonchev–Trinajstić information content (AvgIpc) is 3.07. The fraction of sp³-hybridized carbons (Fsp3) is 0.235. The Morgan fingerprint density at radius 3 is 2.41 bits per heavy atom. The van der Waals surface area contributed by atoms with Crippen molar-refractivity contribution in [2.45, 2.75) is 13.0 Å². The molecule has 0 saturated heterocycles. The molecule has 0 fully saturated rings. The van der Waals surface area contributed by atoms with Gasteiger partial charge in [-0.05, 0) is 24.3 Å². The van der Waals surface area contributed by atoms with Crippen LogP contribution in [0.4, 0.5) is 5.69 Å². The lowest BCUT2D eigenvalue weighted by Crippen LogP contribution is -2.37. The van der Waals surface area contributed by atoms with E-state index in [-0.39, 0.29) is 30.0 Å². The Kier molecular flexibility index (Phi) is 4.63. The first-order chi connectivity index (χ1) is 12.8. The fourth-order valence-corrected chi connectivity index (χ4v) is 2.73. The summed E-state index contributed by atoms with van der Waals surface area (Å²) in [7, 11) is 2.92. The Bertz CT molecular complexity index is 1150. The van der Waals surface area contributed by atoms with Gasteiger partial charge in [-0.3, -0.25) is 23.5 Å². The summed E-state index contributed by atoms with van der Waals surface area (Å²) >= 11 is 0. The van der Waals surface area contributed by atoms with Crippen LogP contribution < -0.4 is 22.3 Å². The largest absolute Gasteiger partial charge is 0.366 e. The molecule has 10 nitrogen and oxygen atoms in total. The van der Waals surface area contributed by atoms with Crippen LogP contribution in [0.25, 0.3) is 11.2 Å². The lowest BCUT2D eigenvalue weighted by atomic mass is 10.2. The Hall–Kier alpha value is -3.69. The topological polar surface area (TPSA) is 134 Å². The molecule has 2 heterocycles. The number of fused-ring (bicyclic) bond motifs is 1. The van der Waals surface area contributed by atoms with Crippen molar-refractivity contribution >= 4 is 28.7 Å². The molecule has 10 heteroatoms. The Morgan fingerprint density at radius 2 is 1.78 bits per heavy atom. The first-order valence-electron chi connectivity index (χ1n) is 8.10. The van der Waals surface area contributed by atoms with Crippen molar-refractivity contribution in [3.8, 4) is 0 Å². The van der Waals surface area contributed by atoms with E-state index in [9.17, 15) is 19.2 Å². The predicted molar refractivity (Wildman–Crippen MR) is 98.4 cm³/mol. The Balaban J connectivity index is 1.75. The number of anilines is 1. The molecule has 2 amide bonds. The van der Waals surface area contributed by atoms with Gasteiger partial charge in [0.15, 0.2) is 11.2 Å². The zero-order valence-electron chi connectivity index (χ0n) is 14.8. The molecule has 0 spiro atoms. The number of primary amides is 1. The van der Waals surface area contributed by atoms with Gasteiger partial charge in [-0.1, -0.05) is 0 Å². The van der Waals surface area contributed by atoms with Crippen molar-refractivity contribution < 1.29 is 9.59 Å². The van der Waals surface area contributed by atoms with E-state index in [1.54, 1.807) is 16.7 Å². The molecule has 0 unspecified atom stereocenters. The second-order valence-corrected chi connectivity index (χ2v) is 6.06. The zero-order chi connectivity index (χ0) is 19.7. The monoisotopic (exact) mass is 370 g/mol. The number of nitrogens with one attached hydrogen (secondary N) is 1. The number of hydrogen-bond acceptors (Lipinski definition) is 5. The second-order valence-electron chi connectivity index (χ2n) is 6.06. The zero-order valence-corrected chi connectivity index (χ0v) is 14.8. The molecule has 0 aliphatic heterocycles. The summed E-state index contributed by atoms with van der Waals surface area (Å²) < 4.78 is 3.83. The number of nitrogens with two attached hydrogens (primary N) is 1. The number of amides is 2. The number of rotatable bonds is 5. The maximum Gasteiger partial charge on any atom is 0.332 e. The first kappa shape index (κ1) is 18.1. The number of nitrogens with zero attached hydrogens (tertiary/aromatic N) is 4. The van der Waals surface area contributed by atoms with Gasteiger partial charge in [-0.25, -0.2) is 9.78 Å². The van der Waals surface area contributed by atoms with E-state index < -0.39 is 17.2 Å². The number of benzene rings is 1. The molecule has 1 aromatic carbocycles. The molecule has 0 radical (unpaired) electrons. The van der Waals surface area contributed by atoms with Gasteiger partial charge in [0.1, 0.15) is 0 Å². The van der Waals surface area contributed by atoms with Crippen LogP contribution in [-0.4, -0.2) is 30.5 Å². The quantitative estimate of drug-likeness (QED) is 0.628. The molecule has 2 aromatic heterocycles. The maximum atomic E-state index is 12.4. The molecule has 3 N–H and O–H groups in total. The highest BCUT2D eigenvalue weighted by Crippen LogP contribution is 2.11. The summed E-state index contributed by atoms with van der Waals surface area (Å²) in [6.07, 6.45) is 1.52. The molecule has 27 heavy (non-hydrogen) atoms. The Morgan fingerprint density at radius 1 is 1.11 bits per heavy atom. The molecule has 3 aromatic rings. The first-order valence-corrected chi connectivity index (χ1v) is 8.10. The fourth-order valence-electron chi connectivity index (χ4n) is 2.73. The number of hydrogen-bond donors (Lipinski definition) is 2. The molecule has 0 aliphatic carbocycles. The van der Waals surface area contributed by atoms with Gasteiger partial charge in [0.25, 0.3) is 5.56 Å². The molecule has 3 rings (SSSR count). The van der Waals surface area contributed by atoms with Crippen LogP contribution in [0.1, 0.15) is 16.8 Å². The molecule has 140 valence electrons. The van der Waals surface area contributed by atoms with Gasteiger partial charge < -0.3 is 15.6 Å². The van der Waals surface area contributed by atoms with Gasteiger partial charge in [-0.15, -0.1) is 0 Å². The van der Waals surface area contributed by atoms with Crippen LogP contribution in [0.15, 0.2) is 40.2 Å². The van der Waals surface area contributed by atoms with Crippen LogP contribution >= 0.6 is 0 Å². The van der Waals surface area contributed by atoms with Crippen LogP contribution in [0.2, 0.25) is 0 Å². The average molecular weight is 370 g/mol. The third-order valence-corrected chi connectivity index (χ3v) is 4.25. The number of carbonyl (C=O) groups excluding carboxylic acids is 2. The molecule has 0 bridgehead atoms. The summed E-state index contributed by atoms with van der Waals surface area (Å²) in [6.45, 7) is 0.217. The number of carbonyl (C=O) groups is 2. The highest BCUT2D eigenvalue weighted by molar-refractivity contribution is 5.94. The number of aryl methyl sites for hydroxylation is 2. The van der Waals surface area contributed by atoms with E-state index in [2.05, 4.69) is 10.3 Å². The minimum atomic E-state index is -0.546. The SMILES string of the molecule is Cn1c(=O)c2c(ncn2CCC(=O)Nc2ccc(C(N)=O)cc2)n(C)c1=O. The van der Waals surface area contributed by atoms with E-state index in [0.717, 1.165) is 4.57 Å². The summed E-state index contributed by atoms with van der Waals surface area (Å²) in [6, 6.07) is 6.20. The summed E-state index contributed by atoms with van der Waals surface area (Å²) in [5, 5.41) is 2.70. The van der Waals surface area contributed by atoms with Gasteiger partial charge in [0.2, 0.25) is 11.8 Å².